The lowest BCUT2D eigenvalue weighted by Gasteiger charge is -2.58. The van der Waals surface area contributed by atoms with Crippen molar-refractivity contribution < 1.29 is 13.2 Å². The van der Waals surface area contributed by atoms with Crippen LogP contribution in [-0.4, -0.2) is 37.5 Å². The maximum absolute atomic E-state index is 13.2. The zero-order chi connectivity index (χ0) is 18.2. The number of hydrogen-bond acceptors (Lipinski definition) is 5. The van der Waals surface area contributed by atoms with Gasteiger partial charge in [0.25, 0.3) is 0 Å². The van der Waals surface area contributed by atoms with Gasteiger partial charge in [-0.3, -0.25) is 0 Å². The topological polar surface area (TPSA) is 83.3 Å². The fraction of sp³-hybridized carbons (Fsp3) is 0.368. The number of pyridine rings is 1. The molecule has 6 nitrogen and oxygen atoms in total. The SMILES string of the molecule is N#Cc1ccc(S(=O)(=O)N2CC3(CCOCC3)C2c2ccccc2)cn1. The molecule has 2 aromatic rings. The first-order valence-corrected chi connectivity index (χ1v) is 10.0. The molecule has 2 aliphatic rings. The molecule has 1 aromatic heterocycles. The van der Waals surface area contributed by atoms with Gasteiger partial charge in [-0.15, -0.1) is 0 Å². The van der Waals surface area contributed by atoms with Gasteiger partial charge in [0, 0.05) is 31.4 Å². The molecule has 4 rings (SSSR count). The first-order valence-electron chi connectivity index (χ1n) is 8.58. The molecule has 3 heterocycles. The average Bonchev–Trinajstić information content (AvgIpc) is 2.68. The number of hydrogen-bond donors (Lipinski definition) is 0. The van der Waals surface area contributed by atoms with Crippen molar-refractivity contribution in [3.63, 3.8) is 0 Å². The van der Waals surface area contributed by atoms with E-state index < -0.39 is 10.0 Å². The lowest BCUT2D eigenvalue weighted by molar-refractivity contribution is -0.0952. The molecule has 134 valence electrons. The van der Waals surface area contributed by atoms with Gasteiger partial charge < -0.3 is 4.74 Å². The summed E-state index contributed by atoms with van der Waals surface area (Å²) in [6.45, 7) is 1.81. The van der Waals surface area contributed by atoms with E-state index in [-0.39, 0.29) is 22.0 Å². The summed E-state index contributed by atoms with van der Waals surface area (Å²) in [5.74, 6) is 0. The monoisotopic (exact) mass is 369 g/mol. The van der Waals surface area contributed by atoms with Crippen LogP contribution in [0.4, 0.5) is 0 Å². The summed E-state index contributed by atoms with van der Waals surface area (Å²) in [6, 6.07) is 14.4. The minimum Gasteiger partial charge on any atom is -0.381 e. The van der Waals surface area contributed by atoms with Gasteiger partial charge in [0.2, 0.25) is 10.0 Å². The van der Waals surface area contributed by atoms with E-state index in [4.69, 9.17) is 10.00 Å². The molecule has 26 heavy (non-hydrogen) atoms. The van der Waals surface area contributed by atoms with Crippen molar-refractivity contribution >= 4 is 10.0 Å². The Morgan fingerprint density at radius 2 is 1.88 bits per heavy atom. The minimum atomic E-state index is -3.68. The van der Waals surface area contributed by atoms with Crippen LogP contribution >= 0.6 is 0 Å². The predicted molar refractivity (Wildman–Crippen MR) is 94.5 cm³/mol. The maximum atomic E-state index is 13.2. The van der Waals surface area contributed by atoms with Gasteiger partial charge in [0.05, 0.1) is 6.04 Å². The van der Waals surface area contributed by atoms with Crippen molar-refractivity contribution in [1.82, 2.24) is 9.29 Å². The molecule has 7 heteroatoms. The van der Waals surface area contributed by atoms with Gasteiger partial charge in [0.1, 0.15) is 16.7 Å². The normalized spacial score (nSPS) is 22.5. The number of ether oxygens (including phenoxy) is 1. The number of nitrogens with zero attached hydrogens (tertiary/aromatic N) is 3. The molecule has 0 amide bonds. The Kier molecular flexibility index (Phi) is 4.27. The van der Waals surface area contributed by atoms with Crippen LogP contribution < -0.4 is 0 Å². The Morgan fingerprint density at radius 1 is 1.15 bits per heavy atom. The summed E-state index contributed by atoms with van der Waals surface area (Å²) >= 11 is 0. The maximum Gasteiger partial charge on any atom is 0.245 e. The molecular weight excluding hydrogens is 350 g/mol. The Bertz CT molecular complexity index is 930. The third kappa shape index (κ3) is 2.71. The lowest BCUT2D eigenvalue weighted by Crippen LogP contribution is -2.62. The zero-order valence-electron chi connectivity index (χ0n) is 14.2. The van der Waals surface area contributed by atoms with Gasteiger partial charge in [-0.25, -0.2) is 13.4 Å². The third-order valence-corrected chi connectivity index (χ3v) is 7.19. The van der Waals surface area contributed by atoms with E-state index >= 15 is 0 Å². The van der Waals surface area contributed by atoms with E-state index in [0.29, 0.717) is 19.8 Å². The zero-order valence-corrected chi connectivity index (χ0v) is 15.0. The molecule has 2 saturated heterocycles. The average molecular weight is 369 g/mol. The Balaban J connectivity index is 1.72. The molecule has 2 fully saturated rings. The van der Waals surface area contributed by atoms with Crippen molar-refractivity contribution in [3.05, 3.63) is 59.9 Å². The predicted octanol–water partition coefficient (Wildman–Crippen LogP) is 2.50. The molecule has 0 bridgehead atoms. The molecule has 1 aromatic carbocycles. The largest absolute Gasteiger partial charge is 0.381 e. The van der Waals surface area contributed by atoms with Crippen LogP contribution in [0.3, 0.4) is 0 Å². The van der Waals surface area contributed by atoms with Crippen LogP contribution in [0.1, 0.15) is 30.1 Å². The molecule has 1 atom stereocenters. The molecule has 0 radical (unpaired) electrons. The highest BCUT2D eigenvalue weighted by molar-refractivity contribution is 7.89. The van der Waals surface area contributed by atoms with Crippen molar-refractivity contribution in [2.75, 3.05) is 19.8 Å². The number of benzene rings is 1. The summed E-state index contributed by atoms with van der Waals surface area (Å²) in [4.78, 5) is 4.04. The number of sulfonamides is 1. The highest BCUT2D eigenvalue weighted by Gasteiger charge is 2.57. The van der Waals surface area contributed by atoms with E-state index in [0.717, 1.165) is 18.4 Å². The summed E-state index contributed by atoms with van der Waals surface area (Å²) in [5.41, 5.74) is 1.13. The summed E-state index contributed by atoms with van der Waals surface area (Å²) in [7, 11) is -3.68. The fourth-order valence-corrected chi connectivity index (χ4v) is 5.75. The first-order chi connectivity index (χ1) is 12.6. The van der Waals surface area contributed by atoms with Crippen LogP contribution in [0.2, 0.25) is 0 Å². The van der Waals surface area contributed by atoms with Gasteiger partial charge >= 0.3 is 0 Å². The second kappa shape index (κ2) is 6.47. The molecule has 0 saturated carbocycles. The van der Waals surface area contributed by atoms with Crippen LogP contribution in [0.25, 0.3) is 0 Å². The Labute approximate surface area is 153 Å². The standard InChI is InChI=1S/C19H19N3O3S/c20-12-16-6-7-17(13-21-16)26(23,24)22-14-19(8-10-25-11-9-19)18(22)15-4-2-1-3-5-15/h1-7,13,18H,8-11,14H2. The van der Waals surface area contributed by atoms with Gasteiger partial charge in [-0.2, -0.15) is 9.57 Å². The number of nitriles is 1. The molecule has 1 spiro atoms. The van der Waals surface area contributed by atoms with Crippen LogP contribution in [0.15, 0.2) is 53.6 Å². The van der Waals surface area contributed by atoms with Crippen molar-refractivity contribution in [2.45, 2.75) is 23.8 Å². The quantitative estimate of drug-likeness (QED) is 0.830. The second-order valence-corrected chi connectivity index (χ2v) is 8.72. The van der Waals surface area contributed by atoms with E-state index in [1.54, 1.807) is 4.31 Å². The third-order valence-electron chi connectivity index (χ3n) is 5.40. The van der Waals surface area contributed by atoms with E-state index in [2.05, 4.69) is 4.98 Å². The van der Waals surface area contributed by atoms with Gasteiger partial charge in [-0.1, -0.05) is 30.3 Å². The Morgan fingerprint density at radius 3 is 2.50 bits per heavy atom. The number of rotatable bonds is 3. The van der Waals surface area contributed by atoms with Crippen LogP contribution in [0, 0.1) is 16.7 Å². The summed E-state index contributed by atoms with van der Waals surface area (Å²) in [6.07, 6.45) is 2.97. The number of aromatic nitrogens is 1. The molecule has 1 unspecified atom stereocenters. The van der Waals surface area contributed by atoms with Crippen molar-refractivity contribution in [2.24, 2.45) is 5.41 Å². The highest BCUT2D eigenvalue weighted by Crippen LogP contribution is 2.56. The van der Waals surface area contributed by atoms with Crippen molar-refractivity contribution in [1.29, 1.82) is 5.26 Å². The molecular formula is C19H19N3O3S. The van der Waals surface area contributed by atoms with Gasteiger partial charge in [0.15, 0.2) is 0 Å². The summed E-state index contributed by atoms with van der Waals surface area (Å²) in [5, 5.41) is 8.87. The molecule has 2 aliphatic heterocycles. The van der Waals surface area contributed by atoms with E-state index in [1.807, 2.05) is 36.4 Å². The van der Waals surface area contributed by atoms with E-state index in [9.17, 15) is 8.42 Å². The van der Waals surface area contributed by atoms with Gasteiger partial charge in [-0.05, 0) is 30.5 Å². The van der Waals surface area contributed by atoms with Crippen LogP contribution in [-0.2, 0) is 14.8 Å². The second-order valence-electron chi connectivity index (χ2n) is 6.83. The molecule has 0 aliphatic carbocycles. The van der Waals surface area contributed by atoms with Crippen LogP contribution in [0.5, 0.6) is 0 Å². The van der Waals surface area contributed by atoms with Crippen molar-refractivity contribution in [3.8, 4) is 6.07 Å². The van der Waals surface area contributed by atoms with E-state index in [1.165, 1.54) is 18.3 Å². The fourth-order valence-electron chi connectivity index (χ4n) is 4.00. The Hall–Kier alpha value is -2.27. The molecule has 0 N–H and O–H groups in total. The lowest BCUT2D eigenvalue weighted by atomic mass is 9.65. The first kappa shape index (κ1) is 17.2. The summed E-state index contributed by atoms with van der Waals surface area (Å²) < 4.78 is 33.5. The minimum absolute atomic E-state index is 0.0767. The smallest absolute Gasteiger partial charge is 0.245 e. The highest BCUT2D eigenvalue weighted by atomic mass is 32.2.